The lowest BCUT2D eigenvalue weighted by Crippen LogP contribution is -2.48. The number of sulfonamides is 1. The Hall–Kier alpha value is -2.19. The molecule has 1 aromatic heterocycles. The van der Waals surface area contributed by atoms with Crippen LogP contribution in [0, 0.1) is 19.7 Å². The van der Waals surface area contributed by atoms with E-state index in [1.165, 1.54) is 22.7 Å². The largest absolute Gasteiger partial charge is 0.338 e. The number of halogens is 1. The van der Waals surface area contributed by atoms with Crippen LogP contribution in [0.1, 0.15) is 41.5 Å². The first-order chi connectivity index (χ1) is 13.6. The molecule has 8 heteroatoms. The van der Waals surface area contributed by atoms with Gasteiger partial charge in [0.2, 0.25) is 10.0 Å². The maximum absolute atomic E-state index is 13.3. The standard InChI is InChI=1S/C21H28FN3O3S/c1-5-24(29(4,27)28)18-10-12-23(13-11-18)21(26)20-14-15(2)25(16(20)3)19-8-6-17(22)7-9-19/h6-9,14,18H,5,10-13H2,1-4H3. The van der Waals surface area contributed by atoms with Gasteiger partial charge in [-0.2, -0.15) is 4.31 Å². The Morgan fingerprint density at radius 1 is 1.17 bits per heavy atom. The van der Waals surface area contributed by atoms with Gasteiger partial charge in [-0.1, -0.05) is 6.92 Å². The Bertz CT molecular complexity index is 991. The van der Waals surface area contributed by atoms with Crippen LogP contribution in [0.5, 0.6) is 0 Å². The Balaban J connectivity index is 1.77. The number of piperidine rings is 1. The van der Waals surface area contributed by atoms with Gasteiger partial charge in [-0.3, -0.25) is 4.79 Å². The summed E-state index contributed by atoms with van der Waals surface area (Å²) in [4.78, 5) is 14.9. The minimum absolute atomic E-state index is 0.0488. The van der Waals surface area contributed by atoms with Crippen molar-refractivity contribution in [1.82, 2.24) is 13.8 Å². The van der Waals surface area contributed by atoms with Gasteiger partial charge < -0.3 is 9.47 Å². The summed E-state index contributed by atoms with van der Waals surface area (Å²) >= 11 is 0. The van der Waals surface area contributed by atoms with Crippen LogP contribution in [-0.2, 0) is 10.0 Å². The Labute approximate surface area is 172 Å². The number of rotatable bonds is 5. The number of hydrogen-bond acceptors (Lipinski definition) is 3. The molecular weight excluding hydrogens is 393 g/mol. The third-order valence-corrected chi connectivity index (χ3v) is 7.05. The van der Waals surface area contributed by atoms with Crippen molar-refractivity contribution < 1.29 is 17.6 Å². The lowest BCUT2D eigenvalue weighted by atomic mass is 10.0. The number of carbonyl (C=O) groups excluding carboxylic acids is 1. The van der Waals surface area contributed by atoms with Gasteiger partial charge in [-0.05, 0) is 57.0 Å². The molecule has 0 radical (unpaired) electrons. The molecule has 1 amide bonds. The summed E-state index contributed by atoms with van der Waals surface area (Å²) in [6, 6.07) is 8.00. The minimum atomic E-state index is -3.25. The average molecular weight is 422 g/mol. The minimum Gasteiger partial charge on any atom is -0.338 e. The van der Waals surface area contributed by atoms with Crippen LogP contribution in [0.3, 0.4) is 0 Å². The van der Waals surface area contributed by atoms with Crippen LogP contribution in [0.15, 0.2) is 30.3 Å². The SMILES string of the molecule is CCN(C1CCN(C(=O)c2cc(C)n(-c3ccc(F)cc3)c2C)CC1)S(C)(=O)=O. The maximum Gasteiger partial charge on any atom is 0.255 e. The molecule has 0 atom stereocenters. The molecule has 1 aromatic carbocycles. The second-order valence-electron chi connectivity index (χ2n) is 7.59. The molecule has 3 rings (SSSR count). The molecule has 2 aromatic rings. The van der Waals surface area contributed by atoms with Crippen molar-refractivity contribution in [3.8, 4) is 5.69 Å². The smallest absolute Gasteiger partial charge is 0.255 e. The van der Waals surface area contributed by atoms with E-state index < -0.39 is 10.0 Å². The van der Waals surface area contributed by atoms with E-state index in [9.17, 15) is 17.6 Å². The molecule has 0 aliphatic carbocycles. The fraction of sp³-hybridized carbons (Fsp3) is 0.476. The summed E-state index contributed by atoms with van der Waals surface area (Å²) in [5.41, 5.74) is 3.15. The molecule has 0 bridgehead atoms. The molecule has 6 nitrogen and oxygen atoms in total. The van der Waals surface area contributed by atoms with Gasteiger partial charge in [0.15, 0.2) is 0 Å². The van der Waals surface area contributed by atoms with Crippen molar-refractivity contribution >= 4 is 15.9 Å². The summed E-state index contributed by atoms with van der Waals surface area (Å²) in [6.45, 7) is 7.13. The zero-order valence-corrected chi connectivity index (χ0v) is 18.2. The summed E-state index contributed by atoms with van der Waals surface area (Å²) in [5, 5.41) is 0. The molecule has 1 aliphatic rings. The molecule has 2 heterocycles. The molecule has 158 valence electrons. The van der Waals surface area contributed by atoms with Gasteiger partial charge in [0.25, 0.3) is 5.91 Å². The lowest BCUT2D eigenvalue weighted by molar-refractivity contribution is 0.0680. The summed E-state index contributed by atoms with van der Waals surface area (Å²) in [6.07, 6.45) is 2.49. The third kappa shape index (κ3) is 4.38. The van der Waals surface area contributed by atoms with E-state index in [1.54, 1.807) is 17.0 Å². The summed E-state index contributed by atoms with van der Waals surface area (Å²) in [7, 11) is -3.25. The molecule has 0 saturated carbocycles. The highest BCUT2D eigenvalue weighted by molar-refractivity contribution is 7.88. The molecule has 29 heavy (non-hydrogen) atoms. The number of likely N-dealkylation sites (tertiary alicyclic amines) is 1. The van der Waals surface area contributed by atoms with Crippen molar-refractivity contribution in [3.63, 3.8) is 0 Å². The molecule has 0 spiro atoms. The van der Waals surface area contributed by atoms with Crippen LogP contribution in [0.2, 0.25) is 0 Å². The topological polar surface area (TPSA) is 62.6 Å². The van der Waals surface area contributed by atoms with Crippen LogP contribution >= 0.6 is 0 Å². The fourth-order valence-electron chi connectivity index (χ4n) is 4.26. The lowest BCUT2D eigenvalue weighted by Gasteiger charge is -2.36. The number of nitrogens with zero attached hydrogens (tertiary/aromatic N) is 3. The van der Waals surface area contributed by atoms with Crippen molar-refractivity contribution in [2.45, 2.75) is 39.7 Å². The van der Waals surface area contributed by atoms with Gasteiger partial charge in [-0.15, -0.1) is 0 Å². The van der Waals surface area contributed by atoms with Crippen molar-refractivity contribution in [2.75, 3.05) is 25.9 Å². The Morgan fingerprint density at radius 2 is 1.76 bits per heavy atom. The Morgan fingerprint density at radius 3 is 2.28 bits per heavy atom. The molecule has 0 N–H and O–H groups in total. The monoisotopic (exact) mass is 421 g/mol. The predicted octanol–water partition coefficient (Wildman–Crippen LogP) is 3.12. The number of hydrogen-bond donors (Lipinski definition) is 0. The van der Waals surface area contributed by atoms with Crippen molar-refractivity contribution in [2.24, 2.45) is 0 Å². The van der Waals surface area contributed by atoms with Crippen molar-refractivity contribution in [3.05, 3.63) is 53.1 Å². The molecule has 1 aliphatic heterocycles. The first kappa shape index (κ1) is 21.5. The third-order valence-electron chi connectivity index (χ3n) is 5.64. The number of aryl methyl sites for hydroxylation is 1. The zero-order valence-electron chi connectivity index (χ0n) is 17.4. The maximum atomic E-state index is 13.3. The second kappa shape index (κ2) is 8.28. The van der Waals surface area contributed by atoms with Gasteiger partial charge in [-0.25, -0.2) is 12.8 Å². The number of amides is 1. The van der Waals surface area contributed by atoms with E-state index in [-0.39, 0.29) is 17.8 Å². The van der Waals surface area contributed by atoms with Crippen LogP contribution in [0.25, 0.3) is 5.69 Å². The fourth-order valence-corrected chi connectivity index (χ4v) is 5.48. The van der Waals surface area contributed by atoms with E-state index in [2.05, 4.69) is 0 Å². The molecule has 1 fully saturated rings. The average Bonchev–Trinajstić information content (AvgIpc) is 2.96. The molecular formula is C21H28FN3O3S. The van der Waals surface area contributed by atoms with Gasteiger partial charge in [0.1, 0.15) is 5.82 Å². The van der Waals surface area contributed by atoms with Crippen LogP contribution in [-0.4, -0.2) is 60.0 Å². The molecule has 1 saturated heterocycles. The summed E-state index contributed by atoms with van der Waals surface area (Å²) < 4.78 is 40.6. The summed E-state index contributed by atoms with van der Waals surface area (Å²) in [5.74, 6) is -0.349. The van der Waals surface area contributed by atoms with E-state index >= 15 is 0 Å². The normalized spacial score (nSPS) is 15.9. The van der Waals surface area contributed by atoms with Crippen molar-refractivity contribution in [1.29, 1.82) is 0 Å². The second-order valence-corrected chi connectivity index (χ2v) is 9.52. The van der Waals surface area contributed by atoms with E-state index in [4.69, 9.17) is 0 Å². The highest BCUT2D eigenvalue weighted by Gasteiger charge is 2.31. The van der Waals surface area contributed by atoms with E-state index in [0.29, 0.717) is 38.0 Å². The van der Waals surface area contributed by atoms with Crippen LogP contribution < -0.4 is 0 Å². The zero-order chi connectivity index (χ0) is 21.3. The number of carbonyl (C=O) groups is 1. The van der Waals surface area contributed by atoms with E-state index in [0.717, 1.165) is 17.1 Å². The van der Waals surface area contributed by atoms with E-state index in [1.807, 2.05) is 31.4 Å². The quantitative estimate of drug-likeness (QED) is 0.745. The first-order valence-electron chi connectivity index (χ1n) is 9.84. The Kier molecular flexibility index (Phi) is 6.14. The first-order valence-corrected chi connectivity index (χ1v) is 11.7. The van der Waals surface area contributed by atoms with Gasteiger partial charge in [0.05, 0.1) is 11.8 Å². The van der Waals surface area contributed by atoms with Gasteiger partial charge >= 0.3 is 0 Å². The highest BCUT2D eigenvalue weighted by atomic mass is 32.2. The number of benzene rings is 1. The van der Waals surface area contributed by atoms with Crippen LogP contribution in [0.4, 0.5) is 4.39 Å². The predicted molar refractivity (Wildman–Crippen MR) is 111 cm³/mol. The number of aromatic nitrogens is 1. The molecule has 0 unspecified atom stereocenters. The highest BCUT2D eigenvalue weighted by Crippen LogP contribution is 2.25. The van der Waals surface area contributed by atoms with Gasteiger partial charge in [0, 0.05) is 42.8 Å².